The van der Waals surface area contributed by atoms with Gasteiger partial charge in [-0.25, -0.2) is 0 Å². The van der Waals surface area contributed by atoms with Crippen molar-refractivity contribution in [3.05, 3.63) is 35.9 Å². The first kappa shape index (κ1) is 16.4. The van der Waals surface area contributed by atoms with Crippen molar-refractivity contribution in [3.63, 3.8) is 0 Å². The van der Waals surface area contributed by atoms with Gasteiger partial charge in [-0.3, -0.25) is 0 Å². The molecule has 0 saturated carbocycles. The molecule has 2 rings (SSSR count). The maximum atomic E-state index is 8.78. The van der Waals surface area contributed by atoms with Crippen LogP contribution >= 0.6 is 0 Å². The van der Waals surface area contributed by atoms with Crippen LogP contribution in [0.5, 0.6) is 0 Å². The van der Waals surface area contributed by atoms with E-state index in [2.05, 4.69) is 11.9 Å². The Morgan fingerprint density at radius 3 is 2.71 bits per heavy atom. The van der Waals surface area contributed by atoms with Crippen molar-refractivity contribution in [2.24, 2.45) is 0 Å². The number of benzene rings is 1. The van der Waals surface area contributed by atoms with Gasteiger partial charge in [-0.05, 0) is 39.8 Å². The Kier molecular flexibility index (Phi) is 6.18. The molecule has 4 heteroatoms. The van der Waals surface area contributed by atoms with Crippen molar-refractivity contribution in [1.29, 1.82) is 0 Å². The summed E-state index contributed by atoms with van der Waals surface area (Å²) in [6.07, 6.45) is 3.19. The van der Waals surface area contributed by atoms with Gasteiger partial charge < -0.3 is 19.5 Å². The van der Waals surface area contributed by atoms with Crippen LogP contribution in [0.15, 0.2) is 30.3 Å². The summed E-state index contributed by atoms with van der Waals surface area (Å²) >= 11 is 0. The topological polar surface area (TPSA) is 41.9 Å². The molecule has 1 aromatic carbocycles. The van der Waals surface area contributed by atoms with E-state index in [0.29, 0.717) is 13.2 Å². The number of aliphatic hydroxyl groups excluding tert-OH is 1. The van der Waals surface area contributed by atoms with Crippen LogP contribution < -0.4 is 0 Å². The number of nitrogens with zero attached hydrogens (tertiary/aromatic N) is 1. The largest absolute Gasteiger partial charge is 0.396 e. The third-order valence-corrected chi connectivity index (χ3v) is 3.95. The highest BCUT2D eigenvalue weighted by Gasteiger charge is 2.38. The minimum atomic E-state index is -0.621. The van der Waals surface area contributed by atoms with Crippen molar-refractivity contribution < 1.29 is 14.6 Å². The quantitative estimate of drug-likeness (QED) is 0.747. The minimum absolute atomic E-state index is 0.109. The smallest absolute Gasteiger partial charge is 0.192 e. The Balaban J connectivity index is 1.77. The van der Waals surface area contributed by atoms with Crippen LogP contribution in [-0.2, 0) is 15.3 Å². The second-order valence-electron chi connectivity index (χ2n) is 5.91. The van der Waals surface area contributed by atoms with Crippen LogP contribution in [-0.4, -0.2) is 49.5 Å². The third-order valence-electron chi connectivity index (χ3n) is 3.95. The lowest BCUT2D eigenvalue weighted by atomic mass is 10.1. The van der Waals surface area contributed by atoms with Gasteiger partial charge in [-0.2, -0.15) is 0 Å². The van der Waals surface area contributed by atoms with E-state index in [1.54, 1.807) is 0 Å². The zero-order chi connectivity index (χ0) is 15.1. The fourth-order valence-electron chi connectivity index (χ4n) is 2.73. The van der Waals surface area contributed by atoms with Gasteiger partial charge in [0.05, 0.1) is 12.7 Å². The van der Waals surface area contributed by atoms with E-state index in [-0.39, 0.29) is 6.10 Å². The molecule has 2 unspecified atom stereocenters. The molecule has 0 amide bonds. The lowest BCUT2D eigenvalue weighted by Gasteiger charge is -2.25. The fraction of sp³-hybridized carbons (Fsp3) is 0.647. The second kappa shape index (κ2) is 7.90. The van der Waals surface area contributed by atoms with Crippen LogP contribution in [0.1, 0.15) is 31.7 Å². The summed E-state index contributed by atoms with van der Waals surface area (Å²) in [7, 11) is 2.11. The predicted molar refractivity (Wildman–Crippen MR) is 83.1 cm³/mol. The van der Waals surface area contributed by atoms with E-state index in [9.17, 15) is 0 Å². The molecule has 0 spiro atoms. The third kappa shape index (κ3) is 4.78. The fourth-order valence-corrected chi connectivity index (χ4v) is 2.73. The average molecular weight is 293 g/mol. The Hall–Kier alpha value is -0.940. The Morgan fingerprint density at radius 2 is 2.00 bits per heavy atom. The number of rotatable bonds is 8. The number of likely N-dealkylation sites (N-methyl/N-ethyl adjacent to an activating group) is 1. The van der Waals surface area contributed by atoms with E-state index in [0.717, 1.165) is 37.9 Å². The van der Waals surface area contributed by atoms with Gasteiger partial charge in [0.2, 0.25) is 0 Å². The summed E-state index contributed by atoms with van der Waals surface area (Å²) in [6, 6.07) is 10.1. The van der Waals surface area contributed by atoms with E-state index in [4.69, 9.17) is 14.6 Å². The first-order chi connectivity index (χ1) is 10.1. The molecule has 1 heterocycles. The van der Waals surface area contributed by atoms with Gasteiger partial charge in [0.15, 0.2) is 5.79 Å². The predicted octanol–water partition coefficient (Wildman–Crippen LogP) is 2.37. The molecule has 1 N–H and O–H groups in total. The summed E-state index contributed by atoms with van der Waals surface area (Å²) in [5.41, 5.74) is 1.07. The first-order valence-corrected chi connectivity index (χ1v) is 7.81. The molecule has 1 aromatic rings. The molecule has 1 aliphatic rings. The number of ether oxygens (including phenoxy) is 2. The van der Waals surface area contributed by atoms with Crippen molar-refractivity contribution in [2.45, 2.75) is 38.1 Å². The van der Waals surface area contributed by atoms with Gasteiger partial charge in [0.1, 0.15) is 0 Å². The van der Waals surface area contributed by atoms with Crippen LogP contribution in [0.2, 0.25) is 0 Å². The summed E-state index contributed by atoms with van der Waals surface area (Å²) < 4.78 is 12.0. The summed E-state index contributed by atoms with van der Waals surface area (Å²) in [4.78, 5) is 2.28. The van der Waals surface area contributed by atoms with Crippen molar-refractivity contribution in [1.82, 2.24) is 4.90 Å². The van der Waals surface area contributed by atoms with Gasteiger partial charge in [-0.15, -0.1) is 0 Å². The highest BCUT2D eigenvalue weighted by Crippen LogP contribution is 2.33. The van der Waals surface area contributed by atoms with Crippen molar-refractivity contribution in [2.75, 3.05) is 33.4 Å². The molecule has 0 radical (unpaired) electrons. The molecular weight excluding hydrogens is 266 g/mol. The number of aliphatic hydroxyl groups is 1. The molecule has 21 heavy (non-hydrogen) atoms. The molecule has 0 bridgehead atoms. The van der Waals surface area contributed by atoms with Crippen molar-refractivity contribution in [3.8, 4) is 0 Å². The maximum Gasteiger partial charge on any atom is 0.192 e. The van der Waals surface area contributed by atoms with Crippen LogP contribution in [0.3, 0.4) is 0 Å². The van der Waals surface area contributed by atoms with Crippen LogP contribution in [0.25, 0.3) is 0 Å². The zero-order valence-corrected chi connectivity index (χ0v) is 13.1. The first-order valence-electron chi connectivity index (χ1n) is 7.81. The SMILES string of the molecule is CN(CCCCCO)CC1COC(C)(c2ccccc2)O1. The standard InChI is InChI=1S/C17H27NO3/c1-17(15-9-5-3-6-10-15)20-14-16(21-17)13-18(2)11-7-4-8-12-19/h3,5-6,9-10,16,19H,4,7-8,11-14H2,1-2H3. The summed E-state index contributed by atoms with van der Waals surface area (Å²) in [5, 5.41) is 8.78. The lowest BCUT2D eigenvalue weighted by molar-refractivity contribution is -0.163. The molecule has 4 nitrogen and oxygen atoms in total. The zero-order valence-electron chi connectivity index (χ0n) is 13.1. The van der Waals surface area contributed by atoms with Gasteiger partial charge in [-0.1, -0.05) is 30.3 Å². The van der Waals surface area contributed by atoms with Gasteiger partial charge in [0.25, 0.3) is 0 Å². The van der Waals surface area contributed by atoms with E-state index in [1.165, 1.54) is 0 Å². The van der Waals surface area contributed by atoms with E-state index >= 15 is 0 Å². The normalized spacial score (nSPS) is 25.6. The van der Waals surface area contributed by atoms with Crippen LogP contribution in [0, 0.1) is 0 Å². The maximum absolute atomic E-state index is 8.78. The molecule has 1 aliphatic heterocycles. The summed E-state index contributed by atoms with van der Waals surface area (Å²) in [6.45, 7) is 4.82. The van der Waals surface area contributed by atoms with E-state index in [1.807, 2.05) is 37.3 Å². The number of unbranched alkanes of at least 4 members (excludes halogenated alkanes) is 2. The number of hydrogen-bond acceptors (Lipinski definition) is 4. The Morgan fingerprint density at radius 1 is 1.24 bits per heavy atom. The molecule has 1 saturated heterocycles. The minimum Gasteiger partial charge on any atom is -0.396 e. The lowest BCUT2D eigenvalue weighted by Crippen LogP contribution is -2.33. The molecule has 2 atom stereocenters. The molecule has 1 fully saturated rings. The Labute approximate surface area is 127 Å². The molecule has 0 aliphatic carbocycles. The Bertz CT molecular complexity index is 412. The highest BCUT2D eigenvalue weighted by molar-refractivity contribution is 5.20. The number of hydrogen-bond donors (Lipinski definition) is 1. The highest BCUT2D eigenvalue weighted by atomic mass is 16.7. The van der Waals surface area contributed by atoms with E-state index < -0.39 is 5.79 Å². The molecule has 118 valence electrons. The van der Waals surface area contributed by atoms with Gasteiger partial charge >= 0.3 is 0 Å². The second-order valence-corrected chi connectivity index (χ2v) is 5.91. The summed E-state index contributed by atoms with van der Waals surface area (Å²) in [5.74, 6) is -0.621. The van der Waals surface area contributed by atoms with Crippen LogP contribution in [0.4, 0.5) is 0 Å². The monoisotopic (exact) mass is 293 g/mol. The average Bonchev–Trinajstić information content (AvgIpc) is 2.87. The van der Waals surface area contributed by atoms with Gasteiger partial charge in [0, 0.05) is 18.7 Å². The van der Waals surface area contributed by atoms with Crippen molar-refractivity contribution >= 4 is 0 Å². The molecule has 0 aromatic heterocycles. The molecular formula is C17H27NO3.